The molecule has 0 bridgehead atoms. The number of benzene rings is 1. The van der Waals surface area contributed by atoms with Gasteiger partial charge in [0.2, 0.25) is 0 Å². The van der Waals surface area contributed by atoms with Crippen molar-refractivity contribution < 1.29 is 4.79 Å². The van der Waals surface area contributed by atoms with Gasteiger partial charge in [-0.15, -0.1) is 0 Å². The third-order valence-electron chi connectivity index (χ3n) is 3.83. The van der Waals surface area contributed by atoms with E-state index in [2.05, 4.69) is 9.88 Å². The van der Waals surface area contributed by atoms with E-state index in [0.717, 1.165) is 36.1 Å². The smallest absolute Gasteiger partial charge is 0.147 e. The number of fused-ring (bicyclic) bond motifs is 1. The monoisotopic (exact) mass is 286 g/mol. The normalized spacial score (nSPS) is 17.7. The van der Waals surface area contributed by atoms with Gasteiger partial charge in [-0.2, -0.15) is 0 Å². The summed E-state index contributed by atoms with van der Waals surface area (Å²) in [5.74, 6) is 0. The number of aromatic nitrogens is 1. The maximum Gasteiger partial charge on any atom is 0.147 e. The summed E-state index contributed by atoms with van der Waals surface area (Å²) in [6.45, 7) is 2.84. The quantitative estimate of drug-likeness (QED) is 0.794. The molecule has 3 rings (SSSR count). The average Bonchev–Trinajstić information content (AvgIpc) is 2.46. The molecule has 3 nitrogen and oxygen atoms in total. The van der Waals surface area contributed by atoms with Gasteiger partial charge in [-0.05, 0) is 48.2 Å². The summed E-state index contributed by atoms with van der Waals surface area (Å²) < 4.78 is 0. The van der Waals surface area contributed by atoms with Gasteiger partial charge in [-0.3, -0.25) is 4.98 Å². The molecule has 0 aliphatic carbocycles. The van der Waals surface area contributed by atoms with E-state index in [1.807, 2.05) is 37.4 Å². The molecule has 1 atom stereocenters. The number of pyridine rings is 1. The molecule has 1 aromatic carbocycles. The Labute approximate surface area is 123 Å². The first-order valence-electron chi connectivity index (χ1n) is 6.61. The third-order valence-corrected chi connectivity index (χ3v) is 4.07. The van der Waals surface area contributed by atoms with Crippen LogP contribution in [-0.4, -0.2) is 17.8 Å². The van der Waals surface area contributed by atoms with Gasteiger partial charge < -0.3 is 9.69 Å². The number of rotatable bonds is 2. The van der Waals surface area contributed by atoms with Crippen molar-refractivity contribution in [3.63, 3.8) is 0 Å². The highest BCUT2D eigenvalue weighted by Gasteiger charge is 2.28. The fourth-order valence-corrected chi connectivity index (χ4v) is 2.97. The molecule has 0 spiro atoms. The van der Waals surface area contributed by atoms with Gasteiger partial charge >= 0.3 is 0 Å². The zero-order valence-electron chi connectivity index (χ0n) is 11.2. The molecule has 0 N–H and O–H groups in total. The molecule has 1 aromatic heterocycles. The highest BCUT2D eigenvalue weighted by atomic mass is 35.5. The second kappa shape index (κ2) is 5.25. The van der Waals surface area contributed by atoms with Crippen LogP contribution < -0.4 is 4.90 Å². The Morgan fingerprint density at radius 2 is 2.25 bits per heavy atom. The van der Waals surface area contributed by atoms with E-state index < -0.39 is 0 Å². The second-order valence-electron chi connectivity index (χ2n) is 5.03. The van der Waals surface area contributed by atoms with Gasteiger partial charge in [0.1, 0.15) is 12.3 Å². The molecule has 0 fully saturated rings. The van der Waals surface area contributed by atoms with Gasteiger partial charge in [-0.25, -0.2) is 0 Å². The van der Waals surface area contributed by atoms with Crippen molar-refractivity contribution in [1.82, 2.24) is 4.98 Å². The molecule has 1 unspecified atom stereocenters. The predicted octanol–water partition coefficient (Wildman–Crippen LogP) is 3.35. The van der Waals surface area contributed by atoms with Gasteiger partial charge in [0.05, 0.1) is 11.9 Å². The summed E-state index contributed by atoms with van der Waals surface area (Å²) in [5.41, 5.74) is 4.33. The second-order valence-corrected chi connectivity index (χ2v) is 5.47. The van der Waals surface area contributed by atoms with E-state index in [9.17, 15) is 4.79 Å². The molecule has 1 aliphatic rings. The molecule has 0 radical (unpaired) electrons. The van der Waals surface area contributed by atoms with E-state index in [4.69, 9.17) is 11.6 Å². The zero-order valence-corrected chi connectivity index (χ0v) is 12.0. The van der Waals surface area contributed by atoms with E-state index in [1.165, 1.54) is 5.56 Å². The van der Waals surface area contributed by atoms with Crippen LogP contribution in [0.4, 0.5) is 5.69 Å². The number of aldehydes is 1. The minimum atomic E-state index is -0.291. The van der Waals surface area contributed by atoms with Crippen molar-refractivity contribution in [1.29, 1.82) is 0 Å². The molecule has 0 saturated heterocycles. The summed E-state index contributed by atoms with van der Waals surface area (Å²) in [5, 5.41) is 0.667. The van der Waals surface area contributed by atoms with Crippen molar-refractivity contribution in [3.8, 4) is 0 Å². The molecule has 0 amide bonds. The SMILES string of the molecule is Cc1ccncc1N1CCc2ccc(Cl)cc2C1C=O. The van der Waals surface area contributed by atoms with Gasteiger partial charge in [0.15, 0.2) is 0 Å². The maximum atomic E-state index is 11.6. The Bertz CT molecular complexity index is 657. The number of aryl methyl sites for hydroxylation is 1. The molecular formula is C16H15ClN2O. The molecule has 20 heavy (non-hydrogen) atoms. The highest BCUT2D eigenvalue weighted by molar-refractivity contribution is 6.30. The number of anilines is 1. The number of carbonyl (C=O) groups excluding carboxylic acids is 1. The van der Waals surface area contributed by atoms with Crippen LogP contribution in [0.1, 0.15) is 22.7 Å². The first kappa shape index (κ1) is 13.1. The van der Waals surface area contributed by atoms with Crippen LogP contribution >= 0.6 is 11.6 Å². The van der Waals surface area contributed by atoms with E-state index in [0.29, 0.717) is 5.02 Å². The van der Waals surface area contributed by atoms with Gasteiger partial charge in [0.25, 0.3) is 0 Å². The first-order valence-corrected chi connectivity index (χ1v) is 6.99. The van der Waals surface area contributed by atoms with Crippen LogP contribution in [0, 0.1) is 6.92 Å². The van der Waals surface area contributed by atoms with Crippen LogP contribution in [0.5, 0.6) is 0 Å². The Morgan fingerprint density at radius 3 is 3.00 bits per heavy atom. The third kappa shape index (κ3) is 2.18. The molecular weight excluding hydrogens is 272 g/mol. The Kier molecular flexibility index (Phi) is 3.45. The summed E-state index contributed by atoms with van der Waals surface area (Å²) >= 11 is 6.08. The lowest BCUT2D eigenvalue weighted by atomic mass is 9.92. The molecule has 2 heterocycles. The lowest BCUT2D eigenvalue weighted by Gasteiger charge is -2.36. The van der Waals surface area contributed by atoms with Crippen LogP contribution in [-0.2, 0) is 11.2 Å². The Hall–Kier alpha value is -1.87. The summed E-state index contributed by atoms with van der Waals surface area (Å²) in [4.78, 5) is 17.9. The molecule has 4 heteroatoms. The number of carbonyl (C=O) groups is 1. The zero-order chi connectivity index (χ0) is 14.1. The summed E-state index contributed by atoms with van der Waals surface area (Å²) in [7, 11) is 0. The summed E-state index contributed by atoms with van der Waals surface area (Å²) in [6.07, 6.45) is 5.48. The Balaban J connectivity index is 2.07. The van der Waals surface area contributed by atoms with Crippen LogP contribution in [0.25, 0.3) is 0 Å². The molecule has 0 saturated carbocycles. The minimum absolute atomic E-state index is 0.291. The van der Waals surface area contributed by atoms with Crippen LogP contribution in [0.3, 0.4) is 0 Å². The van der Waals surface area contributed by atoms with Gasteiger partial charge in [0, 0.05) is 17.8 Å². The van der Waals surface area contributed by atoms with E-state index >= 15 is 0 Å². The van der Waals surface area contributed by atoms with E-state index in [-0.39, 0.29) is 6.04 Å². The lowest BCUT2D eigenvalue weighted by molar-refractivity contribution is -0.109. The van der Waals surface area contributed by atoms with Crippen molar-refractivity contribution in [3.05, 3.63) is 58.4 Å². The number of hydrogen-bond acceptors (Lipinski definition) is 3. The predicted molar refractivity (Wildman–Crippen MR) is 80.3 cm³/mol. The fourth-order valence-electron chi connectivity index (χ4n) is 2.79. The largest absolute Gasteiger partial charge is 0.356 e. The Morgan fingerprint density at radius 1 is 1.40 bits per heavy atom. The van der Waals surface area contributed by atoms with Crippen LogP contribution in [0.2, 0.25) is 5.02 Å². The topological polar surface area (TPSA) is 33.2 Å². The van der Waals surface area contributed by atoms with Crippen molar-refractivity contribution >= 4 is 23.6 Å². The maximum absolute atomic E-state index is 11.6. The average molecular weight is 287 g/mol. The number of halogens is 1. The highest BCUT2D eigenvalue weighted by Crippen LogP contribution is 2.34. The molecule has 1 aliphatic heterocycles. The number of hydrogen-bond donors (Lipinski definition) is 0. The molecule has 2 aromatic rings. The van der Waals surface area contributed by atoms with Crippen molar-refractivity contribution in [2.45, 2.75) is 19.4 Å². The lowest BCUT2D eigenvalue weighted by Crippen LogP contribution is -2.36. The van der Waals surface area contributed by atoms with E-state index in [1.54, 1.807) is 6.20 Å². The fraction of sp³-hybridized carbons (Fsp3) is 0.250. The van der Waals surface area contributed by atoms with Gasteiger partial charge in [-0.1, -0.05) is 17.7 Å². The molecule has 102 valence electrons. The summed E-state index contributed by atoms with van der Waals surface area (Å²) in [6, 6.07) is 7.47. The van der Waals surface area contributed by atoms with Crippen LogP contribution in [0.15, 0.2) is 36.7 Å². The number of nitrogens with zero attached hydrogens (tertiary/aromatic N) is 2. The minimum Gasteiger partial charge on any atom is -0.356 e. The standard InChI is InChI=1S/C16H15ClN2O/c1-11-4-6-18-9-15(11)19-7-5-12-2-3-13(17)8-14(12)16(19)10-20/h2-4,6,8-10,16H,5,7H2,1H3. The van der Waals surface area contributed by atoms with Crippen molar-refractivity contribution in [2.24, 2.45) is 0 Å². The first-order chi connectivity index (χ1) is 9.70. The van der Waals surface area contributed by atoms with Crippen molar-refractivity contribution in [2.75, 3.05) is 11.4 Å².